The van der Waals surface area contributed by atoms with Gasteiger partial charge in [-0.15, -0.1) is 0 Å². The number of esters is 1. The van der Waals surface area contributed by atoms with Gasteiger partial charge in [-0.25, -0.2) is 27.9 Å². The van der Waals surface area contributed by atoms with Crippen LogP contribution in [0.15, 0.2) is 24.4 Å². The molecule has 1 aromatic heterocycles. The van der Waals surface area contributed by atoms with Crippen molar-refractivity contribution in [3.05, 3.63) is 47.5 Å². The largest absolute Gasteiger partial charge is 0.464 e. The Morgan fingerprint density at radius 2 is 1.84 bits per heavy atom. The zero-order valence-electron chi connectivity index (χ0n) is 9.65. The van der Waals surface area contributed by atoms with Gasteiger partial charge in [-0.3, -0.25) is 0 Å². The van der Waals surface area contributed by atoms with Crippen LogP contribution >= 0.6 is 0 Å². The SMILES string of the molecule is COC(=O)c1ccnc(-c2cc(F)c(F)cc2F)n1. The van der Waals surface area contributed by atoms with E-state index >= 15 is 0 Å². The third kappa shape index (κ3) is 2.54. The summed E-state index contributed by atoms with van der Waals surface area (Å²) >= 11 is 0. The molecule has 0 fully saturated rings. The number of halogens is 3. The van der Waals surface area contributed by atoms with Crippen molar-refractivity contribution in [1.82, 2.24) is 9.97 Å². The molecule has 1 aromatic carbocycles. The number of carbonyl (C=O) groups is 1. The van der Waals surface area contributed by atoms with E-state index in [1.165, 1.54) is 12.3 Å². The van der Waals surface area contributed by atoms with Gasteiger partial charge in [0.15, 0.2) is 23.2 Å². The molecule has 19 heavy (non-hydrogen) atoms. The second-order valence-electron chi connectivity index (χ2n) is 3.50. The summed E-state index contributed by atoms with van der Waals surface area (Å²) in [7, 11) is 1.16. The van der Waals surface area contributed by atoms with Crippen molar-refractivity contribution in [2.24, 2.45) is 0 Å². The van der Waals surface area contributed by atoms with Crippen molar-refractivity contribution < 1.29 is 22.7 Å². The van der Waals surface area contributed by atoms with Crippen molar-refractivity contribution in [3.63, 3.8) is 0 Å². The van der Waals surface area contributed by atoms with Crippen molar-refractivity contribution in [1.29, 1.82) is 0 Å². The number of benzene rings is 1. The third-order valence-corrected chi connectivity index (χ3v) is 2.30. The number of aromatic nitrogens is 2. The van der Waals surface area contributed by atoms with Crippen LogP contribution in [-0.4, -0.2) is 23.0 Å². The molecule has 0 aliphatic rings. The monoisotopic (exact) mass is 268 g/mol. The summed E-state index contributed by atoms with van der Waals surface area (Å²) in [6.07, 6.45) is 1.19. The summed E-state index contributed by atoms with van der Waals surface area (Å²) in [4.78, 5) is 18.7. The summed E-state index contributed by atoms with van der Waals surface area (Å²) in [6.45, 7) is 0. The van der Waals surface area contributed by atoms with Crippen LogP contribution in [-0.2, 0) is 4.74 Å². The van der Waals surface area contributed by atoms with Crippen LogP contribution in [0.25, 0.3) is 11.4 Å². The normalized spacial score (nSPS) is 10.3. The summed E-state index contributed by atoms with van der Waals surface area (Å²) in [5.74, 6) is -4.55. The number of nitrogens with zero attached hydrogens (tertiary/aromatic N) is 2. The third-order valence-electron chi connectivity index (χ3n) is 2.30. The van der Waals surface area contributed by atoms with Gasteiger partial charge in [0.1, 0.15) is 5.82 Å². The predicted molar refractivity (Wildman–Crippen MR) is 58.7 cm³/mol. The Morgan fingerprint density at radius 3 is 2.53 bits per heavy atom. The molecule has 0 aliphatic heterocycles. The average Bonchev–Trinajstić information content (AvgIpc) is 2.42. The minimum Gasteiger partial charge on any atom is -0.464 e. The first kappa shape index (κ1) is 13.0. The van der Waals surface area contributed by atoms with Gasteiger partial charge in [-0.2, -0.15) is 0 Å². The van der Waals surface area contributed by atoms with Gasteiger partial charge in [0.25, 0.3) is 0 Å². The van der Waals surface area contributed by atoms with Gasteiger partial charge in [-0.05, 0) is 12.1 Å². The molecule has 0 amide bonds. The number of carbonyl (C=O) groups excluding carboxylic acids is 1. The zero-order valence-corrected chi connectivity index (χ0v) is 9.65. The fourth-order valence-electron chi connectivity index (χ4n) is 1.40. The number of hydrogen-bond donors (Lipinski definition) is 0. The van der Waals surface area contributed by atoms with E-state index in [0.29, 0.717) is 12.1 Å². The van der Waals surface area contributed by atoms with Crippen LogP contribution in [0, 0.1) is 17.5 Å². The fourth-order valence-corrected chi connectivity index (χ4v) is 1.40. The van der Waals surface area contributed by atoms with Crippen LogP contribution in [0.1, 0.15) is 10.5 Å². The Kier molecular flexibility index (Phi) is 3.46. The lowest BCUT2D eigenvalue weighted by atomic mass is 10.2. The standard InChI is InChI=1S/C12H7F3N2O2/c1-19-12(18)10-2-3-16-11(17-10)6-4-8(14)9(15)5-7(6)13/h2-5H,1H3. The molecule has 0 spiro atoms. The van der Waals surface area contributed by atoms with Gasteiger partial charge in [0.2, 0.25) is 0 Å². The lowest BCUT2D eigenvalue weighted by Gasteiger charge is -2.04. The molecule has 0 saturated heterocycles. The second-order valence-corrected chi connectivity index (χ2v) is 3.50. The van der Waals surface area contributed by atoms with Crippen LogP contribution < -0.4 is 0 Å². The Hall–Kier alpha value is -2.44. The van der Waals surface area contributed by atoms with Crippen LogP contribution in [0.4, 0.5) is 13.2 Å². The van der Waals surface area contributed by atoms with E-state index in [-0.39, 0.29) is 17.1 Å². The van der Waals surface area contributed by atoms with E-state index in [9.17, 15) is 18.0 Å². The van der Waals surface area contributed by atoms with E-state index in [1.807, 2.05) is 0 Å². The molecule has 0 bridgehead atoms. The average molecular weight is 268 g/mol. The first-order valence-electron chi connectivity index (χ1n) is 5.09. The Balaban J connectivity index is 2.53. The summed E-state index contributed by atoms with van der Waals surface area (Å²) in [5.41, 5.74) is -0.457. The molecule has 0 radical (unpaired) electrons. The van der Waals surface area contributed by atoms with E-state index in [4.69, 9.17) is 0 Å². The van der Waals surface area contributed by atoms with Crippen LogP contribution in [0.2, 0.25) is 0 Å². The molecule has 98 valence electrons. The Bertz CT molecular complexity index is 647. The van der Waals surface area contributed by atoms with E-state index < -0.39 is 23.4 Å². The second kappa shape index (κ2) is 5.05. The molecule has 0 unspecified atom stereocenters. The molecule has 0 atom stereocenters. The predicted octanol–water partition coefficient (Wildman–Crippen LogP) is 2.35. The van der Waals surface area contributed by atoms with Gasteiger partial charge in [0, 0.05) is 12.3 Å². The zero-order chi connectivity index (χ0) is 14.0. The highest BCUT2D eigenvalue weighted by Crippen LogP contribution is 2.22. The molecule has 0 N–H and O–H groups in total. The first-order chi connectivity index (χ1) is 9.02. The number of rotatable bonds is 2. The Morgan fingerprint density at radius 1 is 1.16 bits per heavy atom. The van der Waals surface area contributed by atoms with Gasteiger partial charge >= 0.3 is 5.97 Å². The van der Waals surface area contributed by atoms with Gasteiger partial charge in [-0.1, -0.05) is 0 Å². The smallest absolute Gasteiger partial charge is 0.356 e. The number of hydrogen-bond acceptors (Lipinski definition) is 4. The molecule has 2 rings (SSSR count). The maximum Gasteiger partial charge on any atom is 0.356 e. The molecule has 0 saturated carbocycles. The van der Waals surface area contributed by atoms with Gasteiger partial charge in [0.05, 0.1) is 12.7 Å². The molecule has 4 nitrogen and oxygen atoms in total. The van der Waals surface area contributed by atoms with Crippen molar-refractivity contribution in [3.8, 4) is 11.4 Å². The highest BCUT2D eigenvalue weighted by molar-refractivity contribution is 5.87. The quantitative estimate of drug-likeness (QED) is 0.619. The first-order valence-corrected chi connectivity index (χ1v) is 5.09. The van der Waals surface area contributed by atoms with E-state index in [0.717, 1.165) is 7.11 Å². The molecule has 1 heterocycles. The number of methoxy groups -OCH3 is 1. The summed E-state index contributed by atoms with van der Waals surface area (Å²) in [5, 5.41) is 0. The van der Waals surface area contributed by atoms with E-state index in [2.05, 4.69) is 14.7 Å². The maximum atomic E-state index is 13.5. The van der Waals surface area contributed by atoms with Crippen molar-refractivity contribution >= 4 is 5.97 Å². The highest BCUT2D eigenvalue weighted by Gasteiger charge is 2.15. The van der Waals surface area contributed by atoms with Crippen LogP contribution in [0.3, 0.4) is 0 Å². The molecular formula is C12H7F3N2O2. The summed E-state index contributed by atoms with van der Waals surface area (Å²) < 4.78 is 43.9. The highest BCUT2D eigenvalue weighted by atomic mass is 19.2. The van der Waals surface area contributed by atoms with Crippen LogP contribution in [0.5, 0.6) is 0 Å². The van der Waals surface area contributed by atoms with E-state index in [1.54, 1.807) is 0 Å². The topological polar surface area (TPSA) is 52.1 Å². The lowest BCUT2D eigenvalue weighted by molar-refractivity contribution is 0.0594. The Labute approximate surface area is 105 Å². The summed E-state index contributed by atoms with van der Waals surface area (Å²) in [6, 6.07) is 2.27. The van der Waals surface area contributed by atoms with Crippen molar-refractivity contribution in [2.45, 2.75) is 0 Å². The molecule has 2 aromatic rings. The number of ether oxygens (including phenoxy) is 1. The van der Waals surface area contributed by atoms with Crippen molar-refractivity contribution in [2.75, 3.05) is 7.11 Å². The fraction of sp³-hybridized carbons (Fsp3) is 0.0833. The maximum absolute atomic E-state index is 13.5. The molecular weight excluding hydrogens is 261 g/mol. The molecule has 0 aliphatic carbocycles. The minimum absolute atomic E-state index is 0.114. The lowest BCUT2D eigenvalue weighted by Crippen LogP contribution is -2.06. The molecule has 7 heteroatoms. The minimum atomic E-state index is -1.31. The van der Waals surface area contributed by atoms with Gasteiger partial charge < -0.3 is 4.74 Å².